The third-order valence-electron chi connectivity index (χ3n) is 4.90. The smallest absolute Gasteiger partial charge is 0.418 e. The summed E-state index contributed by atoms with van der Waals surface area (Å²) in [4.78, 5) is 0. The number of hydrogen-bond acceptors (Lipinski definition) is 1. The van der Waals surface area contributed by atoms with Crippen molar-refractivity contribution in [3.8, 4) is 33.8 Å². The van der Waals surface area contributed by atoms with Gasteiger partial charge in [-0.15, -0.1) is 4.40 Å². The molecule has 0 spiro atoms. The molecule has 29 heavy (non-hydrogen) atoms. The molecule has 0 amide bonds. The van der Waals surface area contributed by atoms with Gasteiger partial charge in [0, 0.05) is 11.6 Å². The fraction of sp³-hybridized carbons (Fsp3) is 0.136. The van der Waals surface area contributed by atoms with Gasteiger partial charge in [0.15, 0.2) is 0 Å². The lowest BCUT2D eigenvalue weighted by atomic mass is 9.99. The molecule has 5 rings (SSSR count). The molecule has 4 aromatic rings. The van der Waals surface area contributed by atoms with E-state index in [-0.39, 0.29) is 0 Å². The summed E-state index contributed by atoms with van der Waals surface area (Å²) in [7, 11) is -6.00. The van der Waals surface area contributed by atoms with E-state index >= 15 is 0 Å². The van der Waals surface area contributed by atoms with E-state index < -0.39 is 7.25 Å². The monoisotopic (exact) mass is 399 g/mol. The van der Waals surface area contributed by atoms with E-state index in [1.807, 2.05) is 6.07 Å². The Morgan fingerprint density at radius 2 is 1.41 bits per heavy atom. The van der Waals surface area contributed by atoms with Crippen molar-refractivity contribution in [3.05, 3.63) is 72.3 Å². The molecule has 1 aliphatic heterocycles. The van der Waals surface area contributed by atoms with Crippen molar-refractivity contribution in [2.75, 3.05) is 0 Å². The van der Waals surface area contributed by atoms with Gasteiger partial charge in [-0.3, -0.25) is 0 Å². The Kier molecular flexibility index (Phi) is 4.69. The predicted octanol–water partition coefficient (Wildman–Crippen LogP) is 6.76. The fourth-order valence-corrected chi connectivity index (χ4v) is 3.64. The summed E-state index contributed by atoms with van der Waals surface area (Å²) in [6, 6.07) is 23.5. The van der Waals surface area contributed by atoms with Crippen molar-refractivity contribution in [1.29, 1.82) is 0 Å². The van der Waals surface area contributed by atoms with Crippen LogP contribution >= 0.6 is 0 Å². The second-order valence-corrected chi connectivity index (χ2v) is 7.18. The summed E-state index contributed by atoms with van der Waals surface area (Å²) in [6.07, 6.45) is 0. The Balaban J connectivity index is 0.000000369. The first-order valence-electron chi connectivity index (χ1n) is 9.29. The highest BCUT2D eigenvalue weighted by Crippen LogP contribution is 2.41. The first kappa shape index (κ1) is 19.2. The molecule has 3 heterocycles. The lowest BCUT2D eigenvalue weighted by Gasteiger charge is -2.05. The number of benzene rings is 2. The van der Waals surface area contributed by atoms with Gasteiger partial charge in [-0.2, -0.15) is 0 Å². The second kappa shape index (κ2) is 7.06. The van der Waals surface area contributed by atoms with Gasteiger partial charge in [-0.05, 0) is 29.7 Å². The minimum atomic E-state index is -6.00. The summed E-state index contributed by atoms with van der Waals surface area (Å²) in [5, 5.41) is 0. The molecule has 0 fully saturated rings. The Labute approximate surface area is 165 Å². The van der Waals surface area contributed by atoms with Crippen LogP contribution < -0.4 is 4.40 Å². The van der Waals surface area contributed by atoms with Gasteiger partial charge in [0.2, 0.25) is 11.5 Å². The van der Waals surface area contributed by atoms with Crippen molar-refractivity contribution in [3.63, 3.8) is 0 Å². The number of pyridine rings is 1. The maximum Gasteiger partial charge on any atom is 0.673 e. The third-order valence-corrected chi connectivity index (χ3v) is 4.90. The SMILES string of the molecule is CC(C)c1ccc(-c2oc3cccc4[n+]3c2-c2ccccc2-4)cc1.F[B-](F)(F)F. The van der Waals surface area contributed by atoms with Gasteiger partial charge >= 0.3 is 13.0 Å². The average molecular weight is 399 g/mol. The van der Waals surface area contributed by atoms with Crippen molar-refractivity contribution in [2.24, 2.45) is 0 Å². The van der Waals surface area contributed by atoms with Gasteiger partial charge in [-0.25, -0.2) is 0 Å². The van der Waals surface area contributed by atoms with Crippen LogP contribution in [0.15, 0.2) is 71.1 Å². The maximum atomic E-state index is 9.75. The normalized spacial score (nSPS) is 12.1. The molecule has 0 aliphatic carbocycles. The topological polar surface area (TPSA) is 17.2 Å². The van der Waals surface area contributed by atoms with Crippen LogP contribution in [0.2, 0.25) is 0 Å². The van der Waals surface area contributed by atoms with E-state index in [1.165, 1.54) is 22.4 Å². The first-order valence-corrected chi connectivity index (χ1v) is 9.29. The molecule has 0 N–H and O–H groups in total. The van der Waals surface area contributed by atoms with Gasteiger partial charge in [0.05, 0.1) is 17.2 Å². The number of rotatable bonds is 2. The molecule has 1 aliphatic rings. The van der Waals surface area contributed by atoms with Crippen molar-refractivity contribution >= 4 is 13.0 Å². The quantitative estimate of drug-likeness (QED) is 0.182. The highest BCUT2D eigenvalue weighted by molar-refractivity contribution is 6.50. The Morgan fingerprint density at radius 1 is 0.793 bits per heavy atom. The summed E-state index contributed by atoms with van der Waals surface area (Å²) in [6.45, 7) is 4.43. The first-order chi connectivity index (χ1) is 13.7. The van der Waals surface area contributed by atoms with Crippen molar-refractivity contribution in [2.45, 2.75) is 19.8 Å². The van der Waals surface area contributed by atoms with Crippen LogP contribution in [0, 0.1) is 0 Å². The number of halogens is 4. The van der Waals surface area contributed by atoms with E-state index in [2.05, 4.69) is 78.9 Å². The van der Waals surface area contributed by atoms with Crippen LogP contribution in [-0.4, -0.2) is 7.25 Å². The number of nitrogens with zero attached hydrogens (tertiary/aromatic N) is 1. The highest BCUT2D eigenvalue weighted by atomic mass is 19.5. The minimum absolute atomic E-state index is 0.534. The average Bonchev–Trinajstić information content (AvgIpc) is 3.21. The van der Waals surface area contributed by atoms with E-state index in [9.17, 15) is 17.3 Å². The molecule has 0 saturated carbocycles. The predicted molar refractivity (Wildman–Crippen MR) is 106 cm³/mol. The van der Waals surface area contributed by atoms with Gasteiger partial charge < -0.3 is 21.7 Å². The lowest BCUT2D eigenvalue weighted by Crippen LogP contribution is -2.20. The Hall–Kier alpha value is -3.09. The van der Waals surface area contributed by atoms with E-state index in [0.717, 1.165) is 22.7 Å². The molecule has 0 atom stereocenters. The van der Waals surface area contributed by atoms with E-state index in [1.54, 1.807) is 0 Å². The lowest BCUT2D eigenvalue weighted by molar-refractivity contribution is -0.485. The largest absolute Gasteiger partial charge is 0.673 e. The molecular weight excluding hydrogens is 381 g/mol. The summed E-state index contributed by atoms with van der Waals surface area (Å²) in [5.41, 5.74) is 8.24. The number of aromatic nitrogens is 1. The van der Waals surface area contributed by atoms with Crippen molar-refractivity contribution < 1.29 is 26.1 Å². The zero-order chi connectivity index (χ0) is 20.8. The summed E-state index contributed by atoms with van der Waals surface area (Å²) in [5.74, 6) is 1.48. The second-order valence-electron chi connectivity index (χ2n) is 7.18. The van der Waals surface area contributed by atoms with Crippen LogP contribution in [0.5, 0.6) is 0 Å². The Bertz CT molecular complexity index is 1170. The minimum Gasteiger partial charge on any atom is -0.418 e. The number of oxazole rings is 1. The molecule has 2 aromatic carbocycles. The maximum absolute atomic E-state index is 9.75. The summed E-state index contributed by atoms with van der Waals surface area (Å²) < 4.78 is 47.5. The number of hydrogen-bond donors (Lipinski definition) is 0. The fourth-order valence-electron chi connectivity index (χ4n) is 3.64. The van der Waals surface area contributed by atoms with Crippen LogP contribution in [0.1, 0.15) is 25.3 Å². The molecule has 0 saturated heterocycles. The van der Waals surface area contributed by atoms with E-state index in [0.29, 0.717) is 5.92 Å². The zero-order valence-corrected chi connectivity index (χ0v) is 15.9. The summed E-state index contributed by atoms with van der Waals surface area (Å²) >= 11 is 0. The van der Waals surface area contributed by atoms with Crippen LogP contribution in [0.25, 0.3) is 39.6 Å². The number of fused-ring (bicyclic) bond motifs is 3. The van der Waals surface area contributed by atoms with Crippen LogP contribution in [0.3, 0.4) is 0 Å². The van der Waals surface area contributed by atoms with Gasteiger partial charge in [0.1, 0.15) is 0 Å². The standard InChI is InChI=1S/C22H18NO.BF4/c1-14(2)15-10-12-16(13-11-15)22-21-18-7-4-3-6-17(18)19-8-5-9-20(24-22)23(19)21;2-1(3,4)5/h3-14H,1-2H3;/q+1;-1. The van der Waals surface area contributed by atoms with Crippen LogP contribution in [0.4, 0.5) is 17.3 Å². The van der Waals surface area contributed by atoms with Gasteiger partial charge in [-0.1, -0.05) is 50.2 Å². The molecule has 0 radical (unpaired) electrons. The highest BCUT2D eigenvalue weighted by Gasteiger charge is 2.37. The molecule has 2 nitrogen and oxygen atoms in total. The third kappa shape index (κ3) is 3.64. The molecule has 7 heteroatoms. The zero-order valence-electron chi connectivity index (χ0n) is 15.9. The molecule has 0 unspecified atom stereocenters. The molecule has 2 aromatic heterocycles. The van der Waals surface area contributed by atoms with E-state index in [4.69, 9.17) is 4.42 Å². The van der Waals surface area contributed by atoms with Crippen molar-refractivity contribution in [1.82, 2.24) is 0 Å². The molecular formula is C22H18BF4NO. The molecule has 148 valence electrons. The Morgan fingerprint density at radius 3 is 2.03 bits per heavy atom. The van der Waals surface area contributed by atoms with Gasteiger partial charge in [0.25, 0.3) is 5.69 Å². The van der Waals surface area contributed by atoms with Crippen LogP contribution in [-0.2, 0) is 0 Å². The molecule has 0 bridgehead atoms.